The highest BCUT2D eigenvalue weighted by Gasteiger charge is 2.13. The van der Waals surface area contributed by atoms with Crippen LogP contribution in [0.3, 0.4) is 0 Å². The van der Waals surface area contributed by atoms with E-state index in [1.54, 1.807) is 18.2 Å². The molecule has 0 aliphatic heterocycles. The van der Waals surface area contributed by atoms with Gasteiger partial charge in [0.25, 0.3) is 0 Å². The Hall–Kier alpha value is -2.01. The Morgan fingerprint density at radius 2 is 2.00 bits per heavy atom. The monoisotopic (exact) mass is 262 g/mol. The maximum Gasteiger partial charge on any atom is 0.233 e. The molecule has 1 aromatic heterocycles. The number of hydrogen-bond acceptors (Lipinski definition) is 4. The largest absolute Gasteiger partial charge is 0.473 e. The van der Waals surface area contributed by atoms with Gasteiger partial charge in [-0.1, -0.05) is 18.2 Å². The standard InChI is InChI=1S/C14H15FN2O2/c1-9-7-14(17-16-10(9)2)19-8-13(18)11-5-3-4-6-12(11)15/h3-7,13,18H,8H2,1-2H3. The Bertz CT molecular complexity index is 575. The number of aromatic nitrogens is 2. The van der Waals surface area contributed by atoms with E-state index < -0.39 is 11.9 Å². The van der Waals surface area contributed by atoms with Gasteiger partial charge < -0.3 is 9.84 Å². The van der Waals surface area contributed by atoms with Crippen molar-refractivity contribution in [3.63, 3.8) is 0 Å². The molecule has 4 nitrogen and oxygen atoms in total. The fraction of sp³-hybridized carbons (Fsp3) is 0.286. The van der Waals surface area contributed by atoms with Crippen molar-refractivity contribution in [3.8, 4) is 5.88 Å². The first kappa shape index (κ1) is 13.4. The average molecular weight is 262 g/mol. The van der Waals surface area contributed by atoms with Crippen molar-refractivity contribution >= 4 is 0 Å². The van der Waals surface area contributed by atoms with Crippen LogP contribution in [0.5, 0.6) is 5.88 Å². The smallest absolute Gasteiger partial charge is 0.233 e. The highest BCUT2D eigenvalue weighted by atomic mass is 19.1. The van der Waals surface area contributed by atoms with Crippen LogP contribution in [0.25, 0.3) is 0 Å². The lowest BCUT2D eigenvalue weighted by atomic mass is 10.1. The normalized spacial score (nSPS) is 12.2. The quantitative estimate of drug-likeness (QED) is 0.919. The van der Waals surface area contributed by atoms with Crippen LogP contribution < -0.4 is 4.74 Å². The second-order valence-electron chi connectivity index (χ2n) is 4.30. The van der Waals surface area contributed by atoms with E-state index in [4.69, 9.17) is 4.74 Å². The lowest BCUT2D eigenvalue weighted by molar-refractivity contribution is 0.102. The molecule has 0 aliphatic carbocycles. The van der Waals surface area contributed by atoms with Crippen molar-refractivity contribution in [1.29, 1.82) is 0 Å². The lowest BCUT2D eigenvalue weighted by Crippen LogP contribution is -2.12. The first-order valence-electron chi connectivity index (χ1n) is 5.94. The lowest BCUT2D eigenvalue weighted by Gasteiger charge is -2.13. The van der Waals surface area contributed by atoms with E-state index in [9.17, 15) is 9.50 Å². The fourth-order valence-corrected chi connectivity index (χ4v) is 1.59. The van der Waals surface area contributed by atoms with Crippen LogP contribution in [0.4, 0.5) is 4.39 Å². The molecular weight excluding hydrogens is 247 g/mol. The van der Waals surface area contributed by atoms with Gasteiger partial charge in [-0.15, -0.1) is 5.10 Å². The van der Waals surface area contributed by atoms with Crippen LogP contribution >= 0.6 is 0 Å². The summed E-state index contributed by atoms with van der Waals surface area (Å²) in [5, 5.41) is 17.6. The molecule has 0 spiro atoms. The summed E-state index contributed by atoms with van der Waals surface area (Å²) in [7, 11) is 0. The predicted molar refractivity (Wildman–Crippen MR) is 68.4 cm³/mol. The highest BCUT2D eigenvalue weighted by molar-refractivity contribution is 5.22. The minimum Gasteiger partial charge on any atom is -0.473 e. The molecule has 2 rings (SSSR count). The first-order chi connectivity index (χ1) is 9.08. The number of benzene rings is 1. The number of hydrogen-bond donors (Lipinski definition) is 1. The molecule has 1 heterocycles. The van der Waals surface area contributed by atoms with E-state index in [0.717, 1.165) is 11.3 Å². The second kappa shape index (κ2) is 5.75. The summed E-state index contributed by atoms with van der Waals surface area (Å²) in [6.45, 7) is 3.67. The molecule has 0 amide bonds. The number of aliphatic hydroxyl groups is 1. The van der Waals surface area contributed by atoms with Gasteiger partial charge in [-0.2, -0.15) is 5.10 Å². The molecule has 2 aromatic rings. The topological polar surface area (TPSA) is 55.2 Å². The minimum absolute atomic E-state index is 0.0713. The van der Waals surface area contributed by atoms with Crippen LogP contribution in [0, 0.1) is 19.7 Å². The van der Waals surface area contributed by atoms with E-state index >= 15 is 0 Å². The average Bonchev–Trinajstić information content (AvgIpc) is 2.40. The Morgan fingerprint density at radius 3 is 2.68 bits per heavy atom. The second-order valence-corrected chi connectivity index (χ2v) is 4.30. The molecule has 0 fully saturated rings. The van der Waals surface area contributed by atoms with E-state index in [0.29, 0.717) is 5.88 Å². The molecule has 0 saturated carbocycles. The maximum absolute atomic E-state index is 13.4. The maximum atomic E-state index is 13.4. The number of halogens is 1. The molecule has 0 aliphatic rings. The van der Waals surface area contributed by atoms with Gasteiger partial charge in [0.2, 0.25) is 5.88 Å². The van der Waals surface area contributed by atoms with Gasteiger partial charge in [0.15, 0.2) is 0 Å². The van der Waals surface area contributed by atoms with E-state index in [1.807, 2.05) is 13.8 Å². The molecule has 5 heteroatoms. The van der Waals surface area contributed by atoms with Crippen LogP contribution in [-0.2, 0) is 0 Å². The van der Waals surface area contributed by atoms with Crippen molar-refractivity contribution < 1.29 is 14.2 Å². The molecule has 0 bridgehead atoms. The van der Waals surface area contributed by atoms with Crippen molar-refractivity contribution in [2.24, 2.45) is 0 Å². The third-order valence-corrected chi connectivity index (χ3v) is 2.86. The molecule has 1 unspecified atom stereocenters. The molecule has 1 N–H and O–H groups in total. The van der Waals surface area contributed by atoms with E-state index in [2.05, 4.69) is 10.2 Å². The summed E-state index contributed by atoms with van der Waals surface area (Å²) in [5.74, 6) is -0.136. The zero-order valence-electron chi connectivity index (χ0n) is 10.8. The van der Waals surface area contributed by atoms with Crippen molar-refractivity contribution in [3.05, 3.63) is 53.0 Å². The zero-order chi connectivity index (χ0) is 13.8. The Balaban J connectivity index is 2.02. The van der Waals surface area contributed by atoms with Crippen LogP contribution in [0.2, 0.25) is 0 Å². The van der Waals surface area contributed by atoms with Crippen LogP contribution in [0.15, 0.2) is 30.3 Å². The third kappa shape index (κ3) is 3.26. The molecular formula is C14H15FN2O2. The molecule has 19 heavy (non-hydrogen) atoms. The van der Waals surface area contributed by atoms with Gasteiger partial charge in [0.1, 0.15) is 18.5 Å². The van der Waals surface area contributed by atoms with Gasteiger partial charge in [-0.25, -0.2) is 4.39 Å². The number of rotatable bonds is 4. The highest BCUT2D eigenvalue weighted by Crippen LogP contribution is 2.18. The Morgan fingerprint density at radius 1 is 1.26 bits per heavy atom. The number of aryl methyl sites for hydroxylation is 2. The van der Waals surface area contributed by atoms with Crippen molar-refractivity contribution in [2.45, 2.75) is 20.0 Å². The summed E-state index contributed by atoms with van der Waals surface area (Å²) in [4.78, 5) is 0. The van der Waals surface area contributed by atoms with Crippen LogP contribution in [0.1, 0.15) is 22.9 Å². The summed E-state index contributed by atoms with van der Waals surface area (Å²) < 4.78 is 18.8. The summed E-state index contributed by atoms with van der Waals surface area (Å²) >= 11 is 0. The molecule has 0 saturated heterocycles. The molecule has 1 aromatic carbocycles. The van der Waals surface area contributed by atoms with Gasteiger partial charge in [0, 0.05) is 11.6 Å². The van der Waals surface area contributed by atoms with Crippen molar-refractivity contribution in [2.75, 3.05) is 6.61 Å². The van der Waals surface area contributed by atoms with Gasteiger partial charge in [0.05, 0.1) is 5.69 Å². The predicted octanol–water partition coefficient (Wildman–Crippen LogP) is 2.34. The van der Waals surface area contributed by atoms with E-state index in [1.165, 1.54) is 12.1 Å². The van der Waals surface area contributed by atoms with Gasteiger partial charge >= 0.3 is 0 Å². The van der Waals surface area contributed by atoms with Gasteiger partial charge in [-0.05, 0) is 25.5 Å². The Labute approximate surface area is 110 Å². The summed E-state index contributed by atoms with van der Waals surface area (Å²) in [5.41, 5.74) is 1.98. The zero-order valence-corrected chi connectivity index (χ0v) is 10.8. The minimum atomic E-state index is -1.04. The van der Waals surface area contributed by atoms with Gasteiger partial charge in [-0.3, -0.25) is 0 Å². The first-order valence-corrected chi connectivity index (χ1v) is 5.94. The number of nitrogens with zero attached hydrogens (tertiary/aromatic N) is 2. The van der Waals surface area contributed by atoms with Crippen LogP contribution in [-0.4, -0.2) is 21.9 Å². The molecule has 1 atom stereocenters. The fourth-order valence-electron chi connectivity index (χ4n) is 1.59. The summed E-state index contributed by atoms with van der Waals surface area (Å²) in [6, 6.07) is 7.79. The number of aliphatic hydroxyl groups excluding tert-OH is 1. The van der Waals surface area contributed by atoms with E-state index in [-0.39, 0.29) is 12.2 Å². The van der Waals surface area contributed by atoms with Crippen molar-refractivity contribution in [1.82, 2.24) is 10.2 Å². The molecule has 0 radical (unpaired) electrons. The Kier molecular flexibility index (Phi) is 4.06. The summed E-state index contributed by atoms with van der Waals surface area (Å²) in [6.07, 6.45) is -1.04. The number of ether oxygens (including phenoxy) is 1. The third-order valence-electron chi connectivity index (χ3n) is 2.86. The molecule has 100 valence electrons. The SMILES string of the molecule is Cc1cc(OCC(O)c2ccccc2F)nnc1C.